The van der Waals surface area contributed by atoms with Crippen LogP contribution in [0.2, 0.25) is 0 Å². The first-order valence-corrected chi connectivity index (χ1v) is 13.9. The van der Waals surface area contributed by atoms with E-state index in [1.807, 2.05) is 18.2 Å². The second kappa shape index (κ2) is 7.65. The van der Waals surface area contributed by atoms with E-state index >= 15 is 0 Å². The molecule has 0 amide bonds. The van der Waals surface area contributed by atoms with Crippen molar-refractivity contribution in [2.75, 3.05) is 6.61 Å². The number of fused-ring (bicyclic) bond motifs is 2. The first kappa shape index (κ1) is 18.5. The first-order valence-electron chi connectivity index (χ1n) is 8.35. The molecule has 1 N–H and O–H groups in total. The molecule has 0 radical (unpaired) electrons. The van der Waals surface area contributed by atoms with Crippen molar-refractivity contribution >= 4 is 68.5 Å². The normalized spacial score (nSPS) is 11.0. The summed E-state index contributed by atoms with van der Waals surface area (Å²) in [7, 11) is 8.68. The molecule has 0 aliphatic carbocycles. The molecule has 0 heterocycles. The van der Waals surface area contributed by atoms with E-state index in [1.165, 1.54) is 16.2 Å². The Hall–Kier alpha value is -1.84. The van der Waals surface area contributed by atoms with E-state index in [1.54, 1.807) is 0 Å². The van der Waals surface area contributed by atoms with Crippen LogP contribution in [0, 0.1) is 0 Å². The quantitative estimate of drug-likeness (QED) is 0.144. The van der Waals surface area contributed by atoms with Crippen LogP contribution in [0.5, 0.6) is 0 Å². The molecule has 5 aromatic rings. The van der Waals surface area contributed by atoms with E-state index in [0.717, 1.165) is 26.9 Å². The summed E-state index contributed by atoms with van der Waals surface area (Å²) in [6, 6.07) is 22.6. The van der Waals surface area contributed by atoms with Gasteiger partial charge in [-0.15, -0.1) is 0 Å². The van der Waals surface area contributed by atoms with E-state index in [4.69, 9.17) is 0 Å². The fraction of sp³-hybridized carbons (Fsp3) is 0.0455. The minimum absolute atomic E-state index is 0.238. The number of carbonyl (C=O) groups is 1. The number of carbonyl (C=O) groups excluding carboxylic acids is 1. The molecule has 0 saturated heterocycles. The van der Waals surface area contributed by atoms with Gasteiger partial charge in [0.15, 0.2) is 5.78 Å². The number of aliphatic hydroxyl groups excluding tert-OH is 1. The molecule has 27 heavy (non-hydrogen) atoms. The zero-order chi connectivity index (χ0) is 19.0. The molecule has 5 heteroatoms. The summed E-state index contributed by atoms with van der Waals surface area (Å²) < 4.78 is 0. The van der Waals surface area contributed by atoms with E-state index in [2.05, 4.69) is 68.2 Å². The van der Waals surface area contributed by atoms with Crippen LogP contribution in [-0.2, 0) is 14.9 Å². The molecule has 0 bridgehead atoms. The van der Waals surface area contributed by atoms with Crippen LogP contribution in [-0.4, -0.2) is 17.5 Å². The van der Waals surface area contributed by atoms with E-state index in [0.29, 0.717) is 5.56 Å². The molecule has 0 aromatic heterocycles. The van der Waals surface area contributed by atoms with Gasteiger partial charge in [-0.25, -0.2) is 0 Å². The zero-order valence-electron chi connectivity index (χ0n) is 14.1. The molecule has 5 rings (SSSR count). The van der Waals surface area contributed by atoms with Crippen molar-refractivity contribution < 1.29 is 24.8 Å². The van der Waals surface area contributed by atoms with Crippen molar-refractivity contribution in [2.45, 2.75) is 0 Å². The van der Waals surface area contributed by atoms with Crippen molar-refractivity contribution in [3.05, 3.63) is 72.3 Å². The van der Waals surface area contributed by atoms with Crippen LogP contribution >= 0.6 is 19.6 Å². The molecule has 2 nitrogen and oxygen atoms in total. The van der Waals surface area contributed by atoms with Crippen LogP contribution < -0.4 is 0 Å². The fourth-order valence-electron chi connectivity index (χ4n) is 3.97. The summed E-state index contributed by atoms with van der Waals surface area (Å²) in [5.74, 6) is -0.238. The third-order valence-electron chi connectivity index (χ3n) is 4.95. The Kier molecular flexibility index (Phi) is 5.25. The Morgan fingerprint density at radius 1 is 0.741 bits per heavy atom. The van der Waals surface area contributed by atoms with E-state index in [-0.39, 0.29) is 20.7 Å². The van der Waals surface area contributed by atoms with Gasteiger partial charge in [-0.2, -0.15) is 0 Å². The molecule has 0 saturated carbocycles. The number of hydrogen-bond acceptors (Lipinski definition) is 4. The molecule has 0 spiro atoms. The van der Waals surface area contributed by atoms with Crippen LogP contribution in [0.3, 0.4) is 0 Å². The molecular weight excluding hydrogens is 456 g/mol. The Labute approximate surface area is 171 Å². The third-order valence-corrected chi connectivity index (χ3v) is 4.95. The monoisotopic (exact) mass is 472 g/mol. The average molecular weight is 470 g/mol. The van der Waals surface area contributed by atoms with E-state index in [9.17, 15) is 9.90 Å². The van der Waals surface area contributed by atoms with Gasteiger partial charge in [0.25, 0.3) is 0 Å². The molecule has 0 fully saturated rings. The van der Waals surface area contributed by atoms with Gasteiger partial charge in [-0.05, 0) is 37.7 Å². The van der Waals surface area contributed by atoms with Crippen molar-refractivity contribution in [1.82, 2.24) is 0 Å². The second-order valence-electron chi connectivity index (χ2n) is 6.25. The van der Waals surface area contributed by atoms with Gasteiger partial charge in [-0.1, -0.05) is 66.7 Å². The number of aliphatic hydroxyl groups is 1. The second-order valence-corrected chi connectivity index (χ2v) is 9.81. The van der Waals surface area contributed by atoms with Crippen LogP contribution in [0.15, 0.2) is 66.7 Å². The molecule has 0 unspecified atom stereocenters. The van der Waals surface area contributed by atoms with Crippen molar-refractivity contribution in [1.29, 1.82) is 0 Å². The summed E-state index contributed by atoms with van der Waals surface area (Å²) in [6.07, 6.45) is 0. The molecule has 0 aliphatic heterocycles. The maximum absolute atomic E-state index is 12.4. The van der Waals surface area contributed by atoms with Gasteiger partial charge < -0.3 is 5.11 Å². The average Bonchev–Trinajstić information content (AvgIpc) is 2.71. The van der Waals surface area contributed by atoms with Gasteiger partial charge in [0.2, 0.25) is 0 Å². The number of Topliss-reactive ketones (excluding diaryl/α,β-unsaturated/α-hetero) is 1. The molecule has 0 aliphatic rings. The zero-order valence-corrected chi connectivity index (χ0v) is 17.8. The van der Waals surface area contributed by atoms with Gasteiger partial charge in [0, 0.05) is 10.9 Å². The Morgan fingerprint density at radius 3 is 1.85 bits per heavy atom. The van der Waals surface area contributed by atoms with Crippen LogP contribution in [0.4, 0.5) is 0 Å². The van der Waals surface area contributed by atoms with Gasteiger partial charge in [0.1, 0.15) is 6.61 Å². The summed E-state index contributed by atoms with van der Waals surface area (Å²) >= 11 is -0.363. The summed E-state index contributed by atoms with van der Waals surface area (Å²) in [5, 5.41) is 18.3. The topological polar surface area (TPSA) is 37.3 Å². The van der Waals surface area contributed by atoms with Crippen molar-refractivity contribution in [3.8, 4) is 0 Å². The van der Waals surface area contributed by atoms with Gasteiger partial charge >= 0.3 is 34.6 Å². The van der Waals surface area contributed by atoms with Crippen LogP contribution in [0.1, 0.15) is 10.4 Å². The molecule has 0 atom stereocenters. The number of benzene rings is 5. The summed E-state index contributed by atoms with van der Waals surface area (Å²) in [4.78, 5) is 12.4. The minimum atomic E-state index is -0.474. The predicted octanol–water partition coefficient (Wildman–Crippen LogP) is 6.21. The van der Waals surface area contributed by atoms with Gasteiger partial charge in [0.05, 0.1) is 0 Å². The number of hydrogen-bond donors (Lipinski definition) is 1. The van der Waals surface area contributed by atoms with E-state index < -0.39 is 6.61 Å². The standard InChI is InChI=1S/C22H14O2.Mo.2S/c23-12-19(24)17-11-10-14-6-2-8-16-15-7-1-4-13-5-3-9-18(20(13)15)22(17)21(14)16;;;/h1-11,23H,12H2;;;. The molecule has 132 valence electrons. The molecule has 5 aromatic carbocycles. The Morgan fingerprint density at radius 2 is 1.26 bits per heavy atom. The first-order chi connectivity index (χ1) is 13.2. The van der Waals surface area contributed by atoms with Crippen LogP contribution in [0.25, 0.3) is 43.1 Å². The Balaban J connectivity index is 0.000000565. The summed E-state index contributed by atoms with van der Waals surface area (Å²) in [6.45, 7) is -0.474. The SMILES string of the molecule is O=C(CO)c1ccc2cccc3c4cccc5cccc(c1c23)c54.[S]=[Mo]=[S]. The number of rotatable bonds is 2. The third kappa shape index (κ3) is 2.97. The summed E-state index contributed by atoms with van der Waals surface area (Å²) in [5.41, 5.74) is 0.597. The fourth-order valence-corrected chi connectivity index (χ4v) is 3.97. The predicted molar refractivity (Wildman–Crippen MR) is 114 cm³/mol. The maximum atomic E-state index is 12.4. The van der Waals surface area contributed by atoms with Crippen molar-refractivity contribution in [2.24, 2.45) is 0 Å². The van der Waals surface area contributed by atoms with Gasteiger partial charge in [-0.3, -0.25) is 4.79 Å². The molecular formula is C22H14MoO2S2. The Bertz CT molecular complexity index is 1350. The number of ketones is 1. The van der Waals surface area contributed by atoms with Crippen molar-refractivity contribution in [3.63, 3.8) is 0 Å².